The highest BCUT2D eigenvalue weighted by Crippen LogP contribution is 2.44. The molecule has 4 rings (SSSR count). The van der Waals surface area contributed by atoms with Crippen molar-refractivity contribution in [3.63, 3.8) is 0 Å². The fraction of sp³-hybridized carbons (Fsp3) is 0.750. The lowest BCUT2D eigenvalue weighted by Crippen LogP contribution is -2.46. The molecule has 0 amide bonds. The molecule has 5 heteroatoms. The maximum absolute atomic E-state index is 10.6. The quantitative estimate of drug-likeness (QED) is 0.858. The Hall–Kier alpha value is -1.17. The van der Waals surface area contributed by atoms with Crippen molar-refractivity contribution in [1.29, 1.82) is 0 Å². The number of hydrogen-bond acceptors (Lipinski definition) is 5. The highest BCUT2D eigenvalue weighted by molar-refractivity contribution is 5.44. The Bertz CT molecular complexity index is 536. The summed E-state index contributed by atoms with van der Waals surface area (Å²) in [6, 6.07) is 4.75. The van der Waals surface area contributed by atoms with Gasteiger partial charge in [0.05, 0.1) is 6.10 Å². The van der Waals surface area contributed by atoms with Crippen molar-refractivity contribution in [2.24, 2.45) is 5.41 Å². The summed E-state index contributed by atoms with van der Waals surface area (Å²) in [6.45, 7) is 6.00. The van der Waals surface area contributed by atoms with Crippen LogP contribution < -0.4 is 10.2 Å². The minimum absolute atomic E-state index is 0.273. The Balaban J connectivity index is 1.36. The van der Waals surface area contributed by atoms with Gasteiger partial charge in [-0.3, -0.25) is 9.88 Å². The first-order valence-electron chi connectivity index (χ1n) is 10.0. The summed E-state index contributed by atoms with van der Waals surface area (Å²) in [5, 5.41) is 14.1. The van der Waals surface area contributed by atoms with Crippen molar-refractivity contribution in [1.82, 2.24) is 15.2 Å². The Morgan fingerprint density at radius 2 is 1.72 bits per heavy atom. The molecule has 1 aromatic rings. The predicted molar refractivity (Wildman–Crippen MR) is 101 cm³/mol. The van der Waals surface area contributed by atoms with Crippen LogP contribution in [0.1, 0.15) is 38.5 Å². The molecule has 2 aliphatic heterocycles. The number of hydrogen-bond donors (Lipinski definition) is 2. The van der Waals surface area contributed by atoms with Gasteiger partial charge in [-0.15, -0.1) is 0 Å². The minimum atomic E-state index is -0.273. The van der Waals surface area contributed by atoms with Crippen LogP contribution in [0, 0.1) is 5.41 Å². The van der Waals surface area contributed by atoms with Crippen LogP contribution in [0.3, 0.4) is 0 Å². The molecule has 138 valence electrons. The molecule has 1 saturated carbocycles. The first kappa shape index (κ1) is 17.3. The predicted octanol–water partition coefficient (Wildman–Crippen LogP) is 1.88. The van der Waals surface area contributed by atoms with Crippen molar-refractivity contribution < 1.29 is 5.11 Å². The van der Waals surface area contributed by atoms with Crippen molar-refractivity contribution in [2.75, 3.05) is 44.2 Å². The molecule has 0 bridgehead atoms. The number of anilines is 1. The Morgan fingerprint density at radius 1 is 1.00 bits per heavy atom. The van der Waals surface area contributed by atoms with Crippen molar-refractivity contribution in [3.8, 4) is 0 Å². The van der Waals surface area contributed by atoms with Crippen LogP contribution in [0.15, 0.2) is 24.5 Å². The van der Waals surface area contributed by atoms with E-state index >= 15 is 0 Å². The molecular weight excluding hydrogens is 312 g/mol. The first-order chi connectivity index (χ1) is 12.2. The van der Waals surface area contributed by atoms with E-state index in [4.69, 9.17) is 0 Å². The number of piperidine rings is 1. The lowest BCUT2D eigenvalue weighted by Gasteiger charge is -2.45. The van der Waals surface area contributed by atoms with Crippen LogP contribution in [-0.2, 0) is 0 Å². The normalized spacial score (nSPS) is 28.8. The van der Waals surface area contributed by atoms with Crippen molar-refractivity contribution >= 4 is 5.69 Å². The topological polar surface area (TPSA) is 51.6 Å². The minimum Gasteiger partial charge on any atom is -0.390 e. The van der Waals surface area contributed by atoms with Gasteiger partial charge >= 0.3 is 0 Å². The Morgan fingerprint density at radius 3 is 2.44 bits per heavy atom. The zero-order chi connectivity index (χ0) is 17.1. The standard InChI is InChI=1S/C20H32N4O/c25-19-15-23(13-14-24(16-19)18-3-9-21-10-4-18)17-1-5-20(6-2-17)7-11-22-12-8-20/h3-4,9-10,17,19,22,25H,1-2,5-8,11-16H2. The third-order valence-electron chi connectivity index (χ3n) is 6.76. The van der Waals surface area contributed by atoms with Gasteiger partial charge in [-0.25, -0.2) is 0 Å². The molecule has 1 aliphatic carbocycles. The van der Waals surface area contributed by atoms with Gasteiger partial charge in [0, 0.05) is 50.3 Å². The first-order valence-corrected chi connectivity index (χ1v) is 10.0. The SMILES string of the molecule is OC1CN(c2ccncc2)CCN(C2CCC3(CCNCC3)CC2)C1. The summed E-state index contributed by atoms with van der Waals surface area (Å²) < 4.78 is 0. The maximum Gasteiger partial charge on any atom is 0.0841 e. The largest absolute Gasteiger partial charge is 0.390 e. The Kier molecular flexibility index (Phi) is 5.25. The molecule has 25 heavy (non-hydrogen) atoms. The molecule has 0 radical (unpaired) electrons. The average Bonchev–Trinajstić information content (AvgIpc) is 2.85. The Labute approximate surface area is 151 Å². The molecule has 2 saturated heterocycles. The van der Waals surface area contributed by atoms with E-state index in [-0.39, 0.29) is 6.10 Å². The van der Waals surface area contributed by atoms with E-state index in [0.717, 1.165) is 26.2 Å². The van der Waals surface area contributed by atoms with Gasteiger partial charge in [0.1, 0.15) is 0 Å². The lowest BCUT2D eigenvalue weighted by molar-refractivity contribution is 0.0467. The van der Waals surface area contributed by atoms with E-state index in [0.29, 0.717) is 11.5 Å². The van der Waals surface area contributed by atoms with Crippen LogP contribution in [0.5, 0.6) is 0 Å². The van der Waals surface area contributed by atoms with Crippen LogP contribution in [0.4, 0.5) is 5.69 Å². The van der Waals surface area contributed by atoms with Gasteiger partial charge in [0.2, 0.25) is 0 Å². The van der Waals surface area contributed by atoms with Crippen LogP contribution >= 0.6 is 0 Å². The summed E-state index contributed by atoms with van der Waals surface area (Å²) in [4.78, 5) is 8.99. The van der Waals surface area contributed by atoms with Gasteiger partial charge in [0.25, 0.3) is 0 Å². The average molecular weight is 345 g/mol. The molecule has 1 aromatic heterocycles. The molecular formula is C20H32N4O. The molecule has 3 fully saturated rings. The van der Waals surface area contributed by atoms with Gasteiger partial charge in [0.15, 0.2) is 0 Å². The summed E-state index contributed by atoms with van der Waals surface area (Å²) in [5.41, 5.74) is 1.79. The fourth-order valence-electron chi connectivity index (χ4n) is 5.17. The second-order valence-electron chi connectivity index (χ2n) is 8.28. The van der Waals surface area contributed by atoms with E-state index in [1.165, 1.54) is 57.3 Å². The zero-order valence-corrected chi connectivity index (χ0v) is 15.2. The molecule has 3 aliphatic rings. The lowest BCUT2D eigenvalue weighted by atomic mass is 9.67. The molecule has 3 heterocycles. The molecule has 0 aromatic carbocycles. The monoisotopic (exact) mass is 344 g/mol. The number of nitrogens with zero attached hydrogens (tertiary/aromatic N) is 3. The number of aliphatic hydroxyl groups is 1. The van der Waals surface area contributed by atoms with Gasteiger partial charge < -0.3 is 15.3 Å². The van der Waals surface area contributed by atoms with Crippen LogP contribution in [0.2, 0.25) is 0 Å². The maximum atomic E-state index is 10.6. The summed E-state index contributed by atoms with van der Waals surface area (Å²) in [7, 11) is 0. The highest BCUT2D eigenvalue weighted by Gasteiger charge is 2.38. The summed E-state index contributed by atoms with van der Waals surface area (Å²) in [5.74, 6) is 0. The third kappa shape index (κ3) is 3.99. The summed E-state index contributed by atoms with van der Waals surface area (Å²) in [6.07, 6.45) is 11.5. The molecule has 1 unspecified atom stereocenters. The van der Waals surface area contributed by atoms with Gasteiger partial charge in [-0.05, 0) is 69.2 Å². The highest BCUT2D eigenvalue weighted by atomic mass is 16.3. The van der Waals surface area contributed by atoms with E-state index < -0.39 is 0 Å². The van der Waals surface area contributed by atoms with E-state index in [1.807, 2.05) is 24.5 Å². The van der Waals surface area contributed by atoms with Crippen LogP contribution in [-0.4, -0.2) is 66.4 Å². The summed E-state index contributed by atoms with van der Waals surface area (Å²) >= 11 is 0. The smallest absolute Gasteiger partial charge is 0.0841 e. The number of rotatable bonds is 2. The van der Waals surface area contributed by atoms with E-state index in [1.54, 1.807) is 0 Å². The van der Waals surface area contributed by atoms with Gasteiger partial charge in [-0.2, -0.15) is 0 Å². The molecule has 1 spiro atoms. The van der Waals surface area contributed by atoms with Crippen LogP contribution in [0.25, 0.3) is 0 Å². The number of nitrogens with one attached hydrogen (secondary N) is 1. The van der Waals surface area contributed by atoms with E-state index in [9.17, 15) is 5.11 Å². The number of aliphatic hydroxyl groups excluding tert-OH is 1. The second-order valence-corrected chi connectivity index (χ2v) is 8.28. The van der Waals surface area contributed by atoms with Gasteiger partial charge in [-0.1, -0.05) is 0 Å². The van der Waals surface area contributed by atoms with Crippen molar-refractivity contribution in [3.05, 3.63) is 24.5 Å². The molecule has 1 atom stereocenters. The molecule has 2 N–H and O–H groups in total. The van der Waals surface area contributed by atoms with E-state index in [2.05, 4.69) is 20.1 Å². The number of pyridine rings is 1. The molecule has 5 nitrogen and oxygen atoms in total. The third-order valence-corrected chi connectivity index (χ3v) is 6.76. The second kappa shape index (κ2) is 7.60. The fourth-order valence-corrected chi connectivity index (χ4v) is 5.17. The number of β-amino-alcohol motifs (C(OH)–C–C–N with tert-alkyl or cyclic N) is 1. The van der Waals surface area contributed by atoms with Crippen molar-refractivity contribution in [2.45, 2.75) is 50.7 Å². The number of aromatic nitrogens is 1. The zero-order valence-electron chi connectivity index (χ0n) is 15.2.